The molecule has 0 bridgehead atoms. The van der Waals surface area contributed by atoms with Crippen molar-refractivity contribution < 1.29 is 4.79 Å². The highest BCUT2D eigenvalue weighted by Crippen LogP contribution is 2.22. The van der Waals surface area contributed by atoms with E-state index in [-0.39, 0.29) is 5.91 Å². The zero-order valence-electron chi connectivity index (χ0n) is 14.6. The molecule has 0 unspecified atom stereocenters. The molecule has 8 heteroatoms. The number of carbonyl (C=O) groups excluding carboxylic acids is 1. The van der Waals surface area contributed by atoms with Gasteiger partial charge in [0, 0.05) is 11.9 Å². The molecule has 0 aliphatic carbocycles. The highest BCUT2D eigenvalue weighted by atomic mass is 16.2. The van der Waals surface area contributed by atoms with E-state index in [1.165, 1.54) is 0 Å². The lowest BCUT2D eigenvalue weighted by atomic mass is 10.1. The first-order valence-corrected chi connectivity index (χ1v) is 8.76. The van der Waals surface area contributed by atoms with Crippen LogP contribution >= 0.6 is 0 Å². The molecule has 0 atom stereocenters. The van der Waals surface area contributed by atoms with Crippen LogP contribution in [-0.4, -0.2) is 44.2 Å². The van der Waals surface area contributed by atoms with Crippen molar-refractivity contribution in [2.75, 3.05) is 18.4 Å². The average Bonchev–Trinajstić information content (AvgIpc) is 3.33. The summed E-state index contributed by atoms with van der Waals surface area (Å²) in [6, 6.07) is 9.79. The maximum absolute atomic E-state index is 12.6. The van der Waals surface area contributed by atoms with E-state index >= 15 is 0 Å². The van der Waals surface area contributed by atoms with Crippen LogP contribution in [0.15, 0.2) is 36.5 Å². The number of amides is 1. The summed E-state index contributed by atoms with van der Waals surface area (Å²) in [6.07, 6.45) is 3.71. The summed E-state index contributed by atoms with van der Waals surface area (Å²) in [5.74, 6) is -0.239. The summed E-state index contributed by atoms with van der Waals surface area (Å²) < 4.78 is 1.89. The summed E-state index contributed by atoms with van der Waals surface area (Å²) >= 11 is 0. The number of benzene rings is 1. The lowest BCUT2D eigenvalue weighted by Crippen LogP contribution is -2.30. The van der Waals surface area contributed by atoms with Gasteiger partial charge in [0.15, 0.2) is 5.69 Å². The second-order valence-corrected chi connectivity index (χ2v) is 6.45. The van der Waals surface area contributed by atoms with E-state index in [1.54, 1.807) is 6.20 Å². The largest absolute Gasteiger partial charge is 0.321 e. The average molecular weight is 351 g/mol. The molecule has 0 spiro atoms. The standard InChI is InChI=1S/C18H21N7O/c1-12-17(23-24-25(12)15-6-9-19-10-7-15)18(26)21-14-4-2-13(3-5-14)16-8-11-20-22-16/h2-5,8,11,15,19H,6-7,9-10H2,1H3,(H,20,22)(H,21,26). The molecule has 1 aliphatic heterocycles. The van der Waals surface area contributed by atoms with E-state index in [2.05, 4.69) is 31.1 Å². The van der Waals surface area contributed by atoms with Crippen LogP contribution in [-0.2, 0) is 0 Å². The van der Waals surface area contributed by atoms with E-state index in [0.717, 1.165) is 42.9 Å². The van der Waals surface area contributed by atoms with E-state index in [9.17, 15) is 4.79 Å². The van der Waals surface area contributed by atoms with Crippen molar-refractivity contribution in [3.63, 3.8) is 0 Å². The Balaban J connectivity index is 1.47. The lowest BCUT2D eigenvalue weighted by molar-refractivity contribution is 0.102. The molecule has 3 heterocycles. The van der Waals surface area contributed by atoms with Gasteiger partial charge in [0.25, 0.3) is 5.91 Å². The Labute approximate surface area is 151 Å². The zero-order valence-corrected chi connectivity index (χ0v) is 14.6. The zero-order chi connectivity index (χ0) is 17.9. The number of anilines is 1. The fraction of sp³-hybridized carbons (Fsp3) is 0.333. The van der Waals surface area contributed by atoms with E-state index in [0.29, 0.717) is 17.4 Å². The van der Waals surface area contributed by atoms with Gasteiger partial charge in [0.05, 0.1) is 17.4 Å². The summed E-state index contributed by atoms with van der Waals surface area (Å²) in [5.41, 5.74) is 3.84. The van der Waals surface area contributed by atoms with Crippen molar-refractivity contribution >= 4 is 11.6 Å². The molecule has 8 nitrogen and oxygen atoms in total. The van der Waals surface area contributed by atoms with Gasteiger partial charge in [0.1, 0.15) is 0 Å². The maximum Gasteiger partial charge on any atom is 0.278 e. The second kappa shape index (κ2) is 7.09. The molecule has 1 amide bonds. The number of nitrogens with zero attached hydrogens (tertiary/aromatic N) is 4. The van der Waals surface area contributed by atoms with Gasteiger partial charge in [-0.05, 0) is 56.6 Å². The predicted molar refractivity (Wildman–Crippen MR) is 97.9 cm³/mol. The van der Waals surface area contributed by atoms with Gasteiger partial charge in [-0.15, -0.1) is 5.10 Å². The van der Waals surface area contributed by atoms with E-state index in [1.807, 2.05) is 41.9 Å². The van der Waals surface area contributed by atoms with Gasteiger partial charge in [0.2, 0.25) is 0 Å². The van der Waals surface area contributed by atoms with E-state index < -0.39 is 0 Å². The highest BCUT2D eigenvalue weighted by molar-refractivity contribution is 6.03. The number of nitrogens with one attached hydrogen (secondary N) is 3. The number of rotatable bonds is 4. The SMILES string of the molecule is Cc1c(C(=O)Nc2ccc(-c3ccn[nH]3)cc2)nnn1C1CCNCC1. The van der Waals surface area contributed by atoms with Crippen LogP contribution in [0.1, 0.15) is 35.1 Å². The van der Waals surface area contributed by atoms with Crippen LogP contribution in [0.3, 0.4) is 0 Å². The van der Waals surface area contributed by atoms with Gasteiger partial charge >= 0.3 is 0 Å². The fourth-order valence-electron chi connectivity index (χ4n) is 3.29. The summed E-state index contributed by atoms with van der Waals surface area (Å²) in [7, 11) is 0. The van der Waals surface area contributed by atoms with Crippen LogP contribution in [0.5, 0.6) is 0 Å². The van der Waals surface area contributed by atoms with E-state index in [4.69, 9.17) is 0 Å². The molecule has 26 heavy (non-hydrogen) atoms. The first-order chi connectivity index (χ1) is 12.7. The number of aromatic nitrogens is 5. The first kappa shape index (κ1) is 16.5. The molecular weight excluding hydrogens is 330 g/mol. The molecule has 4 rings (SSSR count). The first-order valence-electron chi connectivity index (χ1n) is 8.76. The molecule has 134 valence electrons. The molecule has 1 saturated heterocycles. The Morgan fingerprint density at radius 2 is 1.96 bits per heavy atom. The molecular formula is C18H21N7O. The van der Waals surface area contributed by atoms with Crippen LogP contribution in [0.25, 0.3) is 11.3 Å². The van der Waals surface area contributed by atoms with Crippen molar-refractivity contribution in [2.45, 2.75) is 25.8 Å². The van der Waals surface area contributed by atoms with Crippen molar-refractivity contribution in [2.24, 2.45) is 0 Å². The van der Waals surface area contributed by atoms with Crippen LogP contribution in [0.4, 0.5) is 5.69 Å². The monoisotopic (exact) mass is 351 g/mol. The molecule has 2 aromatic heterocycles. The van der Waals surface area contributed by atoms with Gasteiger partial charge < -0.3 is 10.6 Å². The van der Waals surface area contributed by atoms with Gasteiger partial charge in [-0.1, -0.05) is 17.3 Å². The highest BCUT2D eigenvalue weighted by Gasteiger charge is 2.22. The van der Waals surface area contributed by atoms with Crippen molar-refractivity contribution in [1.82, 2.24) is 30.5 Å². The normalized spacial score (nSPS) is 15.1. The minimum absolute atomic E-state index is 0.239. The van der Waals surface area contributed by atoms with Crippen LogP contribution in [0.2, 0.25) is 0 Å². The Kier molecular flexibility index (Phi) is 4.49. The smallest absolute Gasteiger partial charge is 0.278 e. The molecule has 1 aliphatic rings. The topological polar surface area (TPSA) is 101 Å². The predicted octanol–water partition coefficient (Wildman–Crippen LogP) is 2.15. The van der Waals surface area contributed by atoms with Crippen molar-refractivity contribution in [3.8, 4) is 11.3 Å². The summed E-state index contributed by atoms with van der Waals surface area (Å²) in [4.78, 5) is 12.6. The number of carbonyl (C=O) groups is 1. The lowest BCUT2D eigenvalue weighted by Gasteiger charge is -2.23. The molecule has 3 N–H and O–H groups in total. The fourth-order valence-corrected chi connectivity index (χ4v) is 3.29. The number of hydrogen-bond donors (Lipinski definition) is 3. The van der Waals surface area contributed by atoms with Gasteiger partial charge in [-0.25, -0.2) is 4.68 Å². The summed E-state index contributed by atoms with van der Waals surface area (Å²) in [5, 5.41) is 21.4. The van der Waals surface area contributed by atoms with Crippen molar-refractivity contribution in [1.29, 1.82) is 0 Å². The summed E-state index contributed by atoms with van der Waals surface area (Å²) in [6.45, 7) is 3.83. The van der Waals surface area contributed by atoms with Crippen LogP contribution < -0.4 is 10.6 Å². The molecule has 3 aromatic rings. The third-order valence-electron chi connectivity index (χ3n) is 4.75. The van der Waals surface area contributed by atoms with Gasteiger partial charge in [-0.2, -0.15) is 5.10 Å². The maximum atomic E-state index is 12.6. The van der Waals surface area contributed by atoms with Crippen LogP contribution in [0, 0.1) is 6.92 Å². The Bertz CT molecular complexity index is 877. The number of aromatic amines is 1. The second-order valence-electron chi connectivity index (χ2n) is 6.45. The number of piperidine rings is 1. The molecule has 0 saturated carbocycles. The molecule has 1 aromatic carbocycles. The number of hydrogen-bond acceptors (Lipinski definition) is 5. The minimum Gasteiger partial charge on any atom is -0.321 e. The Morgan fingerprint density at radius 3 is 2.65 bits per heavy atom. The Hall–Kier alpha value is -3.00. The third kappa shape index (κ3) is 3.23. The quantitative estimate of drug-likeness (QED) is 0.669. The molecule has 1 fully saturated rings. The molecule has 0 radical (unpaired) electrons. The van der Waals surface area contributed by atoms with Gasteiger partial charge in [-0.3, -0.25) is 9.89 Å². The minimum atomic E-state index is -0.239. The Morgan fingerprint density at radius 1 is 1.19 bits per heavy atom. The van der Waals surface area contributed by atoms with Crippen molar-refractivity contribution in [3.05, 3.63) is 47.9 Å². The third-order valence-corrected chi connectivity index (χ3v) is 4.75. The number of H-pyrrole nitrogens is 1.